The Morgan fingerprint density at radius 1 is 1.38 bits per heavy atom. The third-order valence-corrected chi connectivity index (χ3v) is 3.17. The van der Waals surface area contributed by atoms with Crippen molar-refractivity contribution in [2.45, 2.75) is 0 Å². The van der Waals surface area contributed by atoms with Crippen molar-refractivity contribution in [3.63, 3.8) is 0 Å². The van der Waals surface area contributed by atoms with Gasteiger partial charge in [0.15, 0.2) is 5.01 Å². The summed E-state index contributed by atoms with van der Waals surface area (Å²) in [4.78, 5) is 22.2. The van der Waals surface area contributed by atoms with Crippen LogP contribution in [0.15, 0.2) is 23.3 Å². The fourth-order valence-corrected chi connectivity index (χ4v) is 2.32. The Morgan fingerprint density at radius 2 is 2.25 bits per heavy atom. The largest absolute Gasteiger partial charge is 0.313 e. The van der Waals surface area contributed by atoms with Crippen LogP contribution in [-0.4, -0.2) is 15.0 Å². The van der Waals surface area contributed by atoms with Crippen LogP contribution in [0.2, 0.25) is 0 Å². The number of rotatable bonds is 0. The number of hydrogen-bond donors (Lipinski definition) is 1. The van der Waals surface area contributed by atoms with Crippen molar-refractivity contribution in [3.8, 4) is 6.07 Å². The van der Waals surface area contributed by atoms with Crippen LogP contribution in [0.25, 0.3) is 21.1 Å². The van der Waals surface area contributed by atoms with E-state index in [0.717, 1.165) is 4.70 Å². The molecule has 0 saturated heterocycles. The lowest BCUT2D eigenvalue weighted by Gasteiger charge is -1.94. The average molecular weight is 228 g/mol. The summed E-state index contributed by atoms with van der Waals surface area (Å²) in [6.07, 6.45) is 1.36. The van der Waals surface area contributed by atoms with E-state index in [1.54, 1.807) is 12.1 Å². The van der Waals surface area contributed by atoms with Gasteiger partial charge in [-0.1, -0.05) is 0 Å². The molecule has 0 aliphatic rings. The second-order valence-corrected chi connectivity index (χ2v) is 4.23. The van der Waals surface area contributed by atoms with Crippen LogP contribution in [0.5, 0.6) is 0 Å². The maximum atomic E-state index is 11.5. The Bertz CT molecular complexity index is 796. The summed E-state index contributed by atoms with van der Waals surface area (Å²) in [6.45, 7) is 0. The number of thiazole rings is 1. The van der Waals surface area contributed by atoms with Crippen molar-refractivity contribution < 1.29 is 0 Å². The van der Waals surface area contributed by atoms with Gasteiger partial charge in [-0.2, -0.15) is 5.26 Å². The smallest absolute Gasteiger partial charge is 0.258 e. The molecule has 0 spiro atoms. The average Bonchev–Trinajstić information content (AvgIpc) is 2.69. The Kier molecular flexibility index (Phi) is 1.75. The van der Waals surface area contributed by atoms with Crippen LogP contribution in [-0.2, 0) is 0 Å². The van der Waals surface area contributed by atoms with Gasteiger partial charge >= 0.3 is 0 Å². The number of H-pyrrole nitrogens is 1. The SMILES string of the molecule is N#Cc1nc2cc3c(=O)[nH]cnc3cc2s1. The fraction of sp³-hybridized carbons (Fsp3) is 0. The molecule has 3 aromatic rings. The summed E-state index contributed by atoms with van der Waals surface area (Å²) < 4.78 is 0.863. The van der Waals surface area contributed by atoms with E-state index in [-0.39, 0.29) is 5.56 Å². The van der Waals surface area contributed by atoms with Gasteiger partial charge < -0.3 is 4.98 Å². The molecule has 0 aliphatic heterocycles. The summed E-state index contributed by atoms with van der Waals surface area (Å²) in [5.41, 5.74) is 1.08. The first kappa shape index (κ1) is 9.00. The van der Waals surface area contributed by atoms with Gasteiger partial charge in [-0.05, 0) is 12.1 Å². The van der Waals surface area contributed by atoms with E-state index in [0.29, 0.717) is 21.4 Å². The predicted octanol–water partition coefficient (Wildman–Crippen LogP) is 1.40. The topological polar surface area (TPSA) is 82.4 Å². The lowest BCUT2D eigenvalue weighted by molar-refractivity contribution is 1.17. The molecule has 2 heterocycles. The third-order valence-electron chi connectivity index (χ3n) is 2.25. The van der Waals surface area contributed by atoms with E-state index in [1.807, 2.05) is 6.07 Å². The Labute approximate surface area is 93.0 Å². The first-order chi connectivity index (χ1) is 7.78. The summed E-state index contributed by atoms with van der Waals surface area (Å²) >= 11 is 1.29. The van der Waals surface area contributed by atoms with Gasteiger partial charge in [0, 0.05) is 0 Å². The van der Waals surface area contributed by atoms with Gasteiger partial charge in [-0.3, -0.25) is 4.79 Å². The van der Waals surface area contributed by atoms with Gasteiger partial charge in [0.25, 0.3) is 5.56 Å². The maximum Gasteiger partial charge on any atom is 0.258 e. The van der Waals surface area contributed by atoms with Crippen molar-refractivity contribution >= 4 is 32.5 Å². The molecule has 1 N–H and O–H groups in total. The Balaban J connectivity index is 2.52. The number of aromatic amines is 1. The number of nitrogens with one attached hydrogen (secondary N) is 1. The van der Waals surface area contributed by atoms with E-state index >= 15 is 0 Å². The van der Waals surface area contributed by atoms with E-state index in [4.69, 9.17) is 5.26 Å². The fourth-order valence-electron chi connectivity index (χ4n) is 1.54. The lowest BCUT2D eigenvalue weighted by Crippen LogP contribution is -2.05. The van der Waals surface area contributed by atoms with E-state index in [2.05, 4.69) is 15.0 Å². The summed E-state index contributed by atoms with van der Waals surface area (Å²) in [7, 11) is 0. The van der Waals surface area contributed by atoms with Crippen LogP contribution in [0, 0.1) is 11.3 Å². The molecule has 0 radical (unpaired) electrons. The van der Waals surface area contributed by atoms with Gasteiger partial charge in [0.05, 0.1) is 27.4 Å². The van der Waals surface area contributed by atoms with Crippen molar-refractivity contribution in [2.75, 3.05) is 0 Å². The number of nitriles is 1. The zero-order valence-electron chi connectivity index (χ0n) is 7.89. The van der Waals surface area contributed by atoms with Crippen LogP contribution in [0.1, 0.15) is 5.01 Å². The van der Waals surface area contributed by atoms with Crippen molar-refractivity contribution in [2.24, 2.45) is 0 Å². The monoisotopic (exact) mass is 228 g/mol. The summed E-state index contributed by atoms with van der Waals surface area (Å²) in [6, 6.07) is 5.42. The van der Waals surface area contributed by atoms with Crippen LogP contribution in [0.4, 0.5) is 0 Å². The minimum absolute atomic E-state index is 0.196. The van der Waals surface area contributed by atoms with Crippen molar-refractivity contribution in [1.82, 2.24) is 15.0 Å². The van der Waals surface area contributed by atoms with Gasteiger partial charge in [-0.15, -0.1) is 11.3 Å². The minimum atomic E-state index is -0.196. The molecular formula is C10H4N4OS. The quantitative estimate of drug-likeness (QED) is 0.630. The molecule has 16 heavy (non-hydrogen) atoms. The number of benzene rings is 1. The second-order valence-electron chi connectivity index (χ2n) is 3.20. The van der Waals surface area contributed by atoms with Crippen LogP contribution >= 0.6 is 11.3 Å². The third kappa shape index (κ3) is 1.19. The molecule has 0 unspecified atom stereocenters. The lowest BCUT2D eigenvalue weighted by atomic mass is 10.2. The highest BCUT2D eigenvalue weighted by molar-refractivity contribution is 7.19. The molecule has 0 amide bonds. The summed E-state index contributed by atoms with van der Waals surface area (Å²) in [5, 5.41) is 9.63. The number of nitrogens with zero attached hydrogens (tertiary/aromatic N) is 3. The molecule has 0 saturated carbocycles. The molecule has 0 fully saturated rings. The first-order valence-corrected chi connectivity index (χ1v) is 5.27. The van der Waals surface area contributed by atoms with Gasteiger partial charge in [-0.25, -0.2) is 9.97 Å². The van der Waals surface area contributed by atoms with E-state index in [1.165, 1.54) is 17.7 Å². The number of aromatic nitrogens is 3. The molecule has 1 aromatic carbocycles. The highest BCUT2D eigenvalue weighted by Gasteiger charge is 2.07. The minimum Gasteiger partial charge on any atom is -0.313 e. The first-order valence-electron chi connectivity index (χ1n) is 4.46. The molecule has 2 aromatic heterocycles. The second kappa shape index (κ2) is 3.12. The summed E-state index contributed by atoms with van der Waals surface area (Å²) in [5.74, 6) is 0. The highest BCUT2D eigenvalue weighted by atomic mass is 32.1. The molecular weight excluding hydrogens is 224 g/mol. The molecule has 76 valence electrons. The molecule has 0 bridgehead atoms. The van der Waals surface area contributed by atoms with Gasteiger partial charge in [0.2, 0.25) is 0 Å². The van der Waals surface area contributed by atoms with Crippen molar-refractivity contribution in [1.29, 1.82) is 5.26 Å². The number of fused-ring (bicyclic) bond motifs is 2. The number of hydrogen-bond acceptors (Lipinski definition) is 5. The Hall–Kier alpha value is -2.26. The predicted molar refractivity (Wildman–Crippen MR) is 60.3 cm³/mol. The molecule has 6 heteroatoms. The highest BCUT2D eigenvalue weighted by Crippen LogP contribution is 2.24. The standard InChI is InChI=1S/C10H4N4OS/c11-3-9-14-7-1-5-6(2-8(7)16-9)12-4-13-10(5)15/h1-2,4H,(H,12,13,15). The molecule has 5 nitrogen and oxygen atoms in total. The zero-order valence-corrected chi connectivity index (χ0v) is 8.71. The van der Waals surface area contributed by atoms with Crippen LogP contribution < -0.4 is 5.56 Å². The van der Waals surface area contributed by atoms with Crippen molar-refractivity contribution in [3.05, 3.63) is 33.8 Å². The van der Waals surface area contributed by atoms with E-state index in [9.17, 15) is 4.79 Å². The molecule has 0 atom stereocenters. The zero-order chi connectivity index (χ0) is 11.1. The van der Waals surface area contributed by atoms with Gasteiger partial charge in [0.1, 0.15) is 6.07 Å². The maximum absolute atomic E-state index is 11.5. The normalized spacial score (nSPS) is 10.7. The molecule has 3 rings (SSSR count). The molecule has 0 aliphatic carbocycles. The Morgan fingerprint density at radius 3 is 3.06 bits per heavy atom. The van der Waals surface area contributed by atoms with E-state index < -0.39 is 0 Å². The van der Waals surface area contributed by atoms with Crippen LogP contribution in [0.3, 0.4) is 0 Å².